The van der Waals surface area contributed by atoms with Crippen molar-refractivity contribution in [2.24, 2.45) is 0 Å². The van der Waals surface area contributed by atoms with Crippen molar-refractivity contribution in [2.45, 2.75) is 26.6 Å². The summed E-state index contributed by atoms with van der Waals surface area (Å²) in [5.41, 5.74) is 0.926. The van der Waals surface area contributed by atoms with E-state index in [2.05, 4.69) is 0 Å². The van der Waals surface area contributed by atoms with E-state index in [-0.39, 0.29) is 18.6 Å². The fourth-order valence-corrected chi connectivity index (χ4v) is 2.48. The number of ether oxygens (including phenoxy) is 2. The van der Waals surface area contributed by atoms with Gasteiger partial charge in [0.2, 0.25) is 0 Å². The second kappa shape index (κ2) is 8.33. The molecule has 0 radical (unpaired) electrons. The van der Waals surface area contributed by atoms with Gasteiger partial charge >= 0.3 is 12.1 Å². The Labute approximate surface area is 141 Å². The quantitative estimate of drug-likeness (QED) is 0.779. The summed E-state index contributed by atoms with van der Waals surface area (Å²) in [5, 5.41) is 0. The maximum atomic E-state index is 12.1. The molecule has 0 N–H and O–H groups in total. The van der Waals surface area contributed by atoms with Crippen LogP contribution in [0.4, 0.5) is 4.79 Å². The van der Waals surface area contributed by atoms with Gasteiger partial charge in [0.1, 0.15) is 6.61 Å². The van der Waals surface area contributed by atoms with E-state index in [1.165, 1.54) is 6.92 Å². The molecule has 1 fully saturated rings. The third kappa shape index (κ3) is 4.97. The normalized spacial score (nSPS) is 15.6. The summed E-state index contributed by atoms with van der Waals surface area (Å²) in [7, 11) is 0. The van der Waals surface area contributed by atoms with E-state index < -0.39 is 12.1 Å². The lowest BCUT2D eigenvalue weighted by molar-refractivity contribution is -0.158. The Morgan fingerprint density at radius 2 is 1.62 bits per heavy atom. The highest BCUT2D eigenvalue weighted by atomic mass is 16.6. The summed E-state index contributed by atoms with van der Waals surface area (Å²) in [6.45, 7) is 4.62. The average molecular weight is 334 g/mol. The first kappa shape index (κ1) is 17.8. The summed E-state index contributed by atoms with van der Waals surface area (Å²) in [6.07, 6.45) is -1.20. The molecule has 1 aromatic rings. The van der Waals surface area contributed by atoms with Crippen molar-refractivity contribution in [1.82, 2.24) is 9.80 Å². The van der Waals surface area contributed by atoms with E-state index in [1.54, 1.807) is 16.7 Å². The molecule has 1 unspecified atom stereocenters. The molecule has 2 amide bonds. The zero-order chi connectivity index (χ0) is 17.5. The summed E-state index contributed by atoms with van der Waals surface area (Å²) >= 11 is 0. The Hall–Kier alpha value is -2.57. The van der Waals surface area contributed by atoms with Gasteiger partial charge in [-0.25, -0.2) is 4.79 Å². The monoisotopic (exact) mass is 334 g/mol. The highest BCUT2D eigenvalue weighted by Crippen LogP contribution is 2.09. The molecule has 0 bridgehead atoms. The summed E-state index contributed by atoms with van der Waals surface area (Å²) in [5.74, 6) is -0.735. The molecule has 0 aromatic heterocycles. The van der Waals surface area contributed by atoms with Gasteiger partial charge in [-0.15, -0.1) is 0 Å². The number of hydrogen-bond donors (Lipinski definition) is 0. The van der Waals surface area contributed by atoms with E-state index in [0.717, 1.165) is 5.56 Å². The Kier molecular flexibility index (Phi) is 6.17. The van der Waals surface area contributed by atoms with Crippen LogP contribution in [0, 0.1) is 0 Å². The minimum Gasteiger partial charge on any atom is -0.453 e. The highest BCUT2D eigenvalue weighted by Gasteiger charge is 2.28. The van der Waals surface area contributed by atoms with E-state index in [4.69, 9.17) is 9.47 Å². The minimum absolute atomic E-state index is 0.225. The van der Waals surface area contributed by atoms with Crippen LogP contribution < -0.4 is 0 Å². The van der Waals surface area contributed by atoms with Crippen LogP contribution in [-0.4, -0.2) is 60.1 Å². The van der Waals surface area contributed by atoms with Crippen LogP contribution in [0.15, 0.2) is 30.3 Å². The Balaban J connectivity index is 1.76. The predicted molar refractivity (Wildman–Crippen MR) is 86.0 cm³/mol. The number of nitrogens with zero attached hydrogens (tertiary/aromatic N) is 2. The third-order valence-electron chi connectivity index (χ3n) is 3.75. The van der Waals surface area contributed by atoms with Gasteiger partial charge in [0, 0.05) is 33.1 Å². The standard InChI is InChI=1S/C17H22N2O5/c1-13(24-14(2)20)16(21)18-8-10-19(11-9-18)17(22)23-12-15-6-4-3-5-7-15/h3-7,13H,8-12H2,1-2H3. The van der Waals surface area contributed by atoms with Crippen molar-refractivity contribution in [3.8, 4) is 0 Å². The fourth-order valence-electron chi connectivity index (χ4n) is 2.48. The van der Waals surface area contributed by atoms with Gasteiger partial charge in [-0.1, -0.05) is 30.3 Å². The molecule has 0 saturated carbocycles. The largest absolute Gasteiger partial charge is 0.453 e. The van der Waals surface area contributed by atoms with Crippen molar-refractivity contribution >= 4 is 18.0 Å². The smallest absolute Gasteiger partial charge is 0.410 e. The lowest BCUT2D eigenvalue weighted by Crippen LogP contribution is -2.53. The number of rotatable bonds is 4. The fraction of sp³-hybridized carbons (Fsp3) is 0.471. The van der Waals surface area contributed by atoms with Crippen LogP contribution in [-0.2, 0) is 25.7 Å². The number of amides is 2. The van der Waals surface area contributed by atoms with Gasteiger partial charge in [0.15, 0.2) is 6.10 Å². The molecule has 130 valence electrons. The van der Waals surface area contributed by atoms with Gasteiger partial charge in [-0.3, -0.25) is 9.59 Å². The van der Waals surface area contributed by atoms with E-state index in [0.29, 0.717) is 26.2 Å². The molecular formula is C17H22N2O5. The first-order chi connectivity index (χ1) is 11.5. The SMILES string of the molecule is CC(=O)OC(C)C(=O)N1CCN(C(=O)OCc2ccccc2)CC1. The highest BCUT2D eigenvalue weighted by molar-refractivity contribution is 5.83. The van der Waals surface area contributed by atoms with Gasteiger partial charge in [0.25, 0.3) is 5.91 Å². The van der Waals surface area contributed by atoms with Crippen molar-refractivity contribution in [3.63, 3.8) is 0 Å². The molecular weight excluding hydrogens is 312 g/mol. The topological polar surface area (TPSA) is 76.2 Å². The molecule has 1 aliphatic rings. The second-order valence-electron chi connectivity index (χ2n) is 5.60. The second-order valence-corrected chi connectivity index (χ2v) is 5.60. The van der Waals surface area contributed by atoms with E-state index in [1.807, 2.05) is 30.3 Å². The van der Waals surface area contributed by atoms with Gasteiger partial charge < -0.3 is 19.3 Å². The van der Waals surface area contributed by atoms with Crippen LogP contribution in [0.5, 0.6) is 0 Å². The molecule has 1 saturated heterocycles. The number of piperazine rings is 1. The Bertz CT molecular complexity index is 582. The molecule has 1 aliphatic heterocycles. The molecule has 1 heterocycles. The van der Waals surface area contributed by atoms with Gasteiger partial charge in [-0.05, 0) is 12.5 Å². The number of benzene rings is 1. The van der Waals surface area contributed by atoms with Gasteiger partial charge in [0.05, 0.1) is 0 Å². The van der Waals surface area contributed by atoms with Crippen LogP contribution in [0.1, 0.15) is 19.4 Å². The van der Waals surface area contributed by atoms with Crippen LogP contribution >= 0.6 is 0 Å². The number of esters is 1. The van der Waals surface area contributed by atoms with E-state index in [9.17, 15) is 14.4 Å². The van der Waals surface area contributed by atoms with Crippen molar-refractivity contribution in [1.29, 1.82) is 0 Å². The molecule has 1 atom stereocenters. The first-order valence-corrected chi connectivity index (χ1v) is 7.89. The zero-order valence-corrected chi connectivity index (χ0v) is 13.9. The maximum absolute atomic E-state index is 12.1. The summed E-state index contributed by atoms with van der Waals surface area (Å²) in [6, 6.07) is 9.45. The van der Waals surface area contributed by atoms with Crippen LogP contribution in [0.25, 0.3) is 0 Å². The third-order valence-corrected chi connectivity index (χ3v) is 3.75. The lowest BCUT2D eigenvalue weighted by atomic mass is 10.2. The van der Waals surface area contributed by atoms with Crippen molar-refractivity contribution in [3.05, 3.63) is 35.9 Å². The number of carbonyl (C=O) groups excluding carboxylic acids is 3. The summed E-state index contributed by atoms with van der Waals surface area (Å²) < 4.78 is 10.2. The average Bonchev–Trinajstić information content (AvgIpc) is 2.59. The van der Waals surface area contributed by atoms with Crippen LogP contribution in [0.2, 0.25) is 0 Å². The van der Waals surface area contributed by atoms with E-state index >= 15 is 0 Å². The lowest BCUT2D eigenvalue weighted by Gasteiger charge is -2.35. The van der Waals surface area contributed by atoms with Crippen molar-refractivity contribution < 1.29 is 23.9 Å². The minimum atomic E-state index is -0.806. The Morgan fingerprint density at radius 1 is 1.04 bits per heavy atom. The molecule has 24 heavy (non-hydrogen) atoms. The summed E-state index contributed by atoms with van der Waals surface area (Å²) in [4.78, 5) is 38.3. The molecule has 1 aromatic carbocycles. The maximum Gasteiger partial charge on any atom is 0.410 e. The predicted octanol–water partition coefficient (Wildman–Crippen LogP) is 1.42. The molecule has 2 rings (SSSR count). The first-order valence-electron chi connectivity index (χ1n) is 7.89. The molecule has 0 aliphatic carbocycles. The molecule has 7 nitrogen and oxygen atoms in total. The van der Waals surface area contributed by atoms with Crippen molar-refractivity contribution in [2.75, 3.05) is 26.2 Å². The van der Waals surface area contributed by atoms with Crippen LogP contribution in [0.3, 0.4) is 0 Å². The van der Waals surface area contributed by atoms with Gasteiger partial charge in [-0.2, -0.15) is 0 Å². The molecule has 7 heteroatoms. The Morgan fingerprint density at radius 3 is 2.21 bits per heavy atom. The number of carbonyl (C=O) groups is 3. The zero-order valence-electron chi connectivity index (χ0n) is 13.9. The number of hydrogen-bond acceptors (Lipinski definition) is 5. The molecule has 0 spiro atoms.